The predicted molar refractivity (Wildman–Crippen MR) is 65.7 cm³/mol. The van der Waals surface area contributed by atoms with E-state index < -0.39 is 5.97 Å². The van der Waals surface area contributed by atoms with Crippen molar-refractivity contribution in [3.63, 3.8) is 0 Å². The van der Waals surface area contributed by atoms with Crippen LogP contribution in [0.4, 0.5) is 0 Å². The highest BCUT2D eigenvalue weighted by molar-refractivity contribution is 8.00. The molecule has 16 heavy (non-hydrogen) atoms. The van der Waals surface area contributed by atoms with E-state index in [0.29, 0.717) is 5.75 Å². The van der Waals surface area contributed by atoms with Gasteiger partial charge in [-0.3, -0.25) is 10.1 Å². The van der Waals surface area contributed by atoms with Crippen LogP contribution in [0.3, 0.4) is 0 Å². The fourth-order valence-electron chi connectivity index (χ4n) is 2.55. The van der Waals surface area contributed by atoms with Crippen molar-refractivity contribution in [1.82, 2.24) is 10.2 Å². The van der Waals surface area contributed by atoms with E-state index in [0.717, 1.165) is 32.5 Å². The summed E-state index contributed by atoms with van der Waals surface area (Å²) in [6.45, 7) is 5.53. The zero-order valence-corrected chi connectivity index (χ0v) is 10.6. The maximum atomic E-state index is 10.9. The summed E-state index contributed by atoms with van der Waals surface area (Å²) in [5.41, 5.74) is 0. The summed E-state index contributed by atoms with van der Waals surface area (Å²) < 4.78 is 0. The zero-order chi connectivity index (χ0) is 11.6. The van der Waals surface area contributed by atoms with Gasteiger partial charge in [0.1, 0.15) is 6.04 Å². The third kappa shape index (κ3) is 2.52. The first-order valence-electron chi connectivity index (χ1n) is 6.02. The normalized spacial score (nSPS) is 36.4. The Morgan fingerprint density at radius 1 is 1.56 bits per heavy atom. The predicted octanol–water partition coefficient (Wildman–Crippen LogP) is 0.978. The Hall–Kier alpha value is -0.260. The Balaban J connectivity index is 1.96. The largest absolute Gasteiger partial charge is 0.480 e. The number of hydrogen-bond acceptors (Lipinski definition) is 4. The lowest BCUT2D eigenvalue weighted by Gasteiger charge is -2.27. The van der Waals surface area contributed by atoms with Crippen LogP contribution in [0.1, 0.15) is 26.2 Å². The highest BCUT2D eigenvalue weighted by Gasteiger charge is 2.42. The van der Waals surface area contributed by atoms with Crippen molar-refractivity contribution in [3.8, 4) is 0 Å². The molecule has 0 radical (unpaired) electrons. The SMILES string of the molecule is CCN1CCCC2(CC1)NC(C(=O)O)CS2. The molecule has 0 saturated carbocycles. The second-order valence-corrected chi connectivity index (χ2v) is 6.03. The number of carboxylic acids is 1. The van der Waals surface area contributed by atoms with Gasteiger partial charge >= 0.3 is 5.97 Å². The molecule has 2 rings (SSSR count). The highest BCUT2D eigenvalue weighted by atomic mass is 32.2. The molecule has 2 saturated heterocycles. The monoisotopic (exact) mass is 244 g/mol. The lowest BCUT2D eigenvalue weighted by Crippen LogP contribution is -2.45. The molecule has 4 nitrogen and oxygen atoms in total. The average Bonchev–Trinajstić information content (AvgIpc) is 2.56. The highest BCUT2D eigenvalue weighted by Crippen LogP contribution is 2.39. The molecule has 5 heteroatoms. The maximum absolute atomic E-state index is 10.9. The number of carbonyl (C=O) groups is 1. The van der Waals surface area contributed by atoms with Crippen molar-refractivity contribution in [2.24, 2.45) is 0 Å². The lowest BCUT2D eigenvalue weighted by atomic mass is 10.1. The number of likely N-dealkylation sites (tertiary alicyclic amines) is 1. The van der Waals surface area contributed by atoms with Gasteiger partial charge in [0.25, 0.3) is 0 Å². The van der Waals surface area contributed by atoms with Crippen molar-refractivity contribution >= 4 is 17.7 Å². The Morgan fingerprint density at radius 3 is 3.00 bits per heavy atom. The van der Waals surface area contributed by atoms with Crippen LogP contribution in [0.2, 0.25) is 0 Å². The third-order valence-electron chi connectivity index (χ3n) is 3.60. The molecule has 0 aromatic rings. The molecule has 0 aromatic carbocycles. The number of thioether (sulfide) groups is 1. The van der Waals surface area contributed by atoms with E-state index in [1.807, 2.05) is 11.8 Å². The van der Waals surface area contributed by atoms with Gasteiger partial charge < -0.3 is 10.0 Å². The number of aliphatic carboxylic acids is 1. The zero-order valence-electron chi connectivity index (χ0n) is 9.74. The molecule has 2 fully saturated rings. The Bertz CT molecular complexity index is 275. The molecule has 2 heterocycles. The van der Waals surface area contributed by atoms with Gasteiger partial charge in [0.05, 0.1) is 4.87 Å². The minimum absolute atomic E-state index is 0.0347. The first-order valence-corrected chi connectivity index (χ1v) is 7.00. The molecule has 0 amide bonds. The summed E-state index contributed by atoms with van der Waals surface area (Å²) in [7, 11) is 0. The fraction of sp³-hybridized carbons (Fsp3) is 0.909. The smallest absolute Gasteiger partial charge is 0.321 e. The van der Waals surface area contributed by atoms with E-state index in [4.69, 9.17) is 5.11 Å². The van der Waals surface area contributed by atoms with Gasteiger partial charge in [-0.05, 0) is 32.4 Å². The summed E-state index contributed by atoms with van der Waals surface area (Å²) >= 11 is 1.81. The van der Waals surface area contributed by atoms with Crippen LogP contribution < -0.4 is 5.32 Å². The standard InChI is InChI=1S/C11H20N2O2S/c1-2-13-6-3-4-11(5-7-13)12-9(8-16-11)10(14)15/h9,12H,2-8H2,1H3,(H,14,15). The second kappa shape index (κ2) is 4.94. The number of rotatable bonds is 2. The number of hydrogen-bond donors (Lipinski definition) is 2. The van der Waals surface area contributed by atoms with Gasteiger partial charge in [0.15, 0.2) is 0 Å². The maximum Gasteiger partial charge on any atom is 0.321 e. The topological polar surface area (TPSA) is 52.6 Å². The van der Waals surface area contributed by atoms with Crippen molar-refractivity contribution in [2.45, 2.75) is 37.1 Å². The molecule has 2 unspecified atom stereocenters. The Morgan fingerprint density at radius 2 is 2.38 bits per heavy atom. The van der Waals surface area contributed by atoms with Gasteiger partial charge in [-0.1, -0.05) is 6.92 Å². The van der Waals surface area contributed by atoms with Gasteiger partial charge in [-0.15, -0.1) is 11.8 Å². The summed E-state index contributed by atoms with van der Waals surface area (Å²) in [5.74, 6) is 0.00234. The van der Waals surface area contributed by atoms with Crippen LogP contribution in [-0.4, -0.2) is 52.3 Å². The molecule has 2 N–H and O–H groups in total. The molecule has 0 bridgehead atoms. The van der Waals surface area contributed by atoms with Gasteiger partial charge in [0, 0.05) is 12.3 Å². The first-order chi connectivity index (χ1) is 7.65. The Labute approximate surface area is 101 Å². The van der Waals surface area contributed by atoms with E-state index in [1.165, 1.54) is 6.42 Å². The second-order valence-electron chi connectivity index (χ2n) is 4.63. The van der Waals surface area contributed by atoms with E-state index in [2.05, 4.69) is 17.1 Å². The Kier molecular flexibility index (Phi) is 3.77. The average molecular weight is 244 g/mol. The number of nitrogens with zero attached hydrogens (tertiary/aromatic N) is 1. The van der Waals surface area contributed by atoms with Crippen LogP contribution in [-0.2, 0) is 4.79 Å². The third-order valence-corrected chi connectivity index (χ3v) is 5.17. The van der Waals surface area contributed by atoms with E-state index in [-0.39, 0.29) is 10.9 Å². The minimum Gasteiger partial charge on any atom is -0.480 e. The van der Waals surface area contributed by atoms with E-state index >= 15 is 0 Å². The van der Waals surface area contributed by atoms with Crippen LogP contribution in [0, 0.1) is 0 Å². The summed E-state index contributed by atoms with van der Waals surface area (Å²) in [6, 6.07) is -0.349. The molecule has 0 aromatic heterocycles. The summed E-state index contributed by atoms with van der Waals surface area (Å²) in [6.07, 6.45) is 3.33. The lowest BCUT2D eigenvalue weighted by molar-refractivity contribution is -0.138. The molecular formula is C11H20N2O2S. The van der Waals surface area contributed by atoms with Crippen LogP contribution in [0.5, 0.6) is 0 Å². The van der Waals surface area contributed by atoms with Gasteiger partial charge in [-0.25, -0.2) is 0 Å². The molecule has 0 aliphatic carbocycles. The molecule has 92 valence electrons. The van der Waals surface area contributed by atoms with Crippen molar-refractivity contribution in [1.29, 1.82) is 0 Å². The van der Waals surface area contributed by atoms with Gasteiger partial charge in [-0.2, -0.15) is 0 Å². The molecule has 2 aliphatic heterocycles. The minimum atomic E-state index is -0.707. The first kappa shape index (κ1) is 12.2. The van der Waals surface area contributed by atoms with Crippen LogP contribution >= 0.6 is 11.8 Å². The molecular weight excluding hydrogens is 224 g/mol. The van der Waals surface area contributed by atoms with Gasteiger partial charge in [0.2, 0.25) is 0 Å². The van der Waals surface area contributed by atoms with Crippen molar-refractivity contribution in [2.75, 3.05) is 25.4 Å². The fourth-order valence-corrected chi connectivity index (χ4v) is 4.01. The van der Waals surface area contributed by atoms with Crippen LogP contribution in [0.25, 0.3) is 0 Å². The molecule has 2 aliphatic rings. The number of nitrogens with one attached hydrogen (secondary N) is 1. The van der Waals surface area contributed by atoms with Crippen LogP contribution in [0.15, 0.2) is 0 Å². The van der Waals surface area contributed by atoms with E-state index in [9.17, 15) is 4.79 Å². The van der Waals surface area contributed by atoms with Crippen molar-refractivity contribution < 1.29 is 9.90 Å². The summed E-state index contributed by atoms with van der Waals surface area (Å²) in [5, 5.41) is 12.3. The quantitative estimate of drug-likeness (QED) is 0.758. The summed E-state index contributed by atoms with van der Waals surface area (Å²) in [4.78, 5) is 13.4. The molecule has 1 spiro atoms. The van der Waals surface area contributed by atoms with Crippen molar-refractivity contribution in [3.05, 3.63) is 0 Å². The van der Waals surface area contributed by atoms with E-state index in [1.54, 1.807) is 0 Å². The number of carboxylic acid groups (broad SMARTS) is 1. The molecule has 2 atom stereocenters.